The van der Waals surface area contributed by atoms with Gasteiger partial charge in [-0.1, -0.05) is 100 Å². The van der Waals surface area contributed by atoms with E-state index in [-0.39, 0.29) is 32.1 Å². The molecule has 0 radical (unpaired) electrons. The van der Waals surface area contributed by atoms with Gasteiger partial charge in [0, 0.05) is 22.2 Å². The minimum Gasteiger partial charge on any atom is -0.453 e. The molecule has 0 fully saturated rings. The molecule has 0 bridgehead atoms. The summed E-state index contributed by atoms with van der Waals surface area (Å²) < 4.78 is 40.7. The summed E-state index contributed by atoms with van der Waals surface area (Å²) >= 11 is 0. The number of hydrogen-bond donors (Lipinski definition) is 2. The van der Waals surface area contributed by atoms with E-state index < -0.39 is 9.84 Å². The molecule has 4 N–H and O–H groups in total. The summed E-state index contributed by atoms with van der Waals surface area (Å²) in [6, 6.07) is 44.4. The van der Waals surface area contributed by atoms with Crippen molar-refractivity contribution in [2.75, 3.05) is 11.5 Å². The Morgan fingerprint density at radius 3 is 1.33 bits per heavy atom. The first-order valence-electron chi connectivity index (χ1n) is 16.1. The van der Waals surface area contributed by atoms with Gasteiger partial charge in [-0.05, 0) is 95.1 Å². The molecule has 0 saturated heterocycles. The lowest BCUT2D eigenvalue weighted by atomic mass is 9.78. The Hall–Kier alpha value is -5.53. The summed E-state index contributed by atoms with van der Waals surface area (Å²) in [5.74, 6) is 1.38. The molecule has 0 saturated carbocycles. The smallest absolute Gasteiger partial charge is 0.210 e. The van der Waals surface area contributed by atoms with E-state index in [1.165, 1.54) is 0 Å². The molecule has 0 unspecified atom stereocenters. The molecule has 6 rings (SSSR count). The van der Waals surface area contributed by atoms with Crippen molar-refractivity contribution >= 4 is 21.2 Å². The Balaban J connectivity index is 1.35. The van der Waals surface area contributed by atoms with Gasteiger partial charge in [0.25, 0.3) is 0 Å². The SMILES string of the molecule is CC(C)(c1ccc(N)cc1)c1ccc(Oc2cccc(S(=O)(=O)c3ccccc3)c2Oc2ccc(C(C)(C)c3ccc(N)cc3)cc2)cc1. The maximum atomic E-state index is 14.0. The third-order valence-corrected chi connectivity index (χ3v) is 10.9. The van der Waals surface area contributed by atoms with E-state index >= 15 is 0 Å². The molecule has 6 aromatic carbocycles. The molecule has 0 heterocycles. The number of rotatable bonds is 10. The van der Waals surface area contributed by atoms with E-state index in [0.29, 0.717) is 17.2 Å². The van der Waals surface area contributed by atoms with Gasteiger partial charge in [-0.2, -0.15) is 0 Å². The number of hydrogen-bond acceptors (Lipinski definition) is 6. The van der Waals surface area contributed by atoms with Crippen LogP contribution in [0.2, 0.25) is 0 Å². The molecule has 0 spiro atoms. The van der Waals surface area contributed by atoms with Gasteiger partial charge in [-0.3, -0.25) is 0 Å². The number of sulfone groups is 1. The molecule has 7 heteroatoms. The van der Waals surface area contributed by atoms with Gasteiger partial charge in [0.05, 0.1) is 4.90 Å². The largest absolute Gasteiger partial charge is 0.453 e. The molecule has 0 aromatic heterocycles. The topological polar surface area (TPSA) is 105 Å². The second-order valence-corrected chi connectivity index (χ2v) is 15.1. The molecule has 0 aliphatic heterocycles. The van der Waals surface area contributed by atoms with Gasteiger partial charge in [0.15, 0.2) is 11.5 Å². The fraction of sp³-hybridized carbons (Fsp3) is 0.143. The number of ether oxygens (including phenoxy) is 2. The number of nitrogen functional groups attached to an aromatic ring is 2. The Morgan fingerprint density at radius 1 is 0.469 bits per heavy atom. The summed E-state index contributed by atoms with van der Waals surface area (Å²) in [6.07, 6.45) is 0. The lowest BCUT2D eigenvalue weighted by Crippen LogP contribution is -2.18. The van der Waals surface area contributed by atoms with Crippen LogP contribution in [0, 0.1) is 0 Å². The number of benzene rings is 6. The van der Waals surface area contributed by atoms with E-state index in [0.717, 1.165) is 27.9 Å². The lowest BCUT2D eigenvalue weighted by Gasteiger charge is -2.26. The number of nitrogens with two attached hydrogens (primary N) is 2. The maximum absolute atomic E-state index is 14.0. The first kappa shape index (κ1) is 33.4. The minimum atomic E-state index is -3.96. The van der Waals surface area contributed by atoms with Crippen LogP contribution in [0.5, 0.6) is 23.0 Å². The van der Waals surface area contributed by atoms with Crippen molar-refractivity contribution in [2.45, 2.75) is 48.3 Å². The quantitative estimate of drug-likeness (QED) is 0.141. The molecule has 49 heavy (non-hydrogen) atoms. The molecule has 6 aromatic rings. The van der Waals surface area contributed by atoms with Crippen LogP contribution in [0.4, 0.5) is 11.4 Å². The van der Waals surface area contributed by atoms with Crippen molar-refractivity contribution in [3.05, 3.63) is 168 Å². The minimum absolute atomic E-state index is 0.00332. The van der Waals surface area contributed by atoms with Crippen molar-refractivity contribution in [2.24, 2.45) is 0 Å². The van der Waals surface area contributed by atoms with Gasteiger partial charge in [-0.25, -0.2) is 8.42 Å². The predicted molar refractivity (Wildman–Crippen MR) is 197 cm³/mol. The highest BCUT2D eigenvalue weighted by Crippen LogP contribution is 2.43. The zero-order valence-corrected chi connectivity index (χ0v) is 28.9. The molecule has 6 nitrogen and oxygen atoms in total. The van der Waals surface area contributed by atoms with E-state index in [1.54, 1.807) is 48.5 Å². The van der Waals surface area contributed by atoms with Crippen LogP contribution in [0.3, 0.4) is 0 Å². The van der Waals surface area contributed by atoms with Gasteiger partial charge >= 0.3 is 0 Å². The third-order valence-electron chi connectivity index (χ3n) is 9.15. The zero-order valence-electron chi connectivity index (χ0n) is 28.1. The summed E-state index contributed by atoms with van der Waals surface area (Å²) in [7, 11) is -3.96. The van der Waals surface area contributed by atoms with Crippen LogP contribution >= 0.6 is 0 Å². The van der Waals surface area contributed by atoms with Crippen LogP contribution in [0.15, 0.2) is 155 Å². The molecule has 0 aliphatic rings. The van der Waals surface area contributed by atoms with E-state index in [1.807, 2.05) is 97.1 Å². The first-order valence-corrected chi connectivity index (χ1v) is 17.6. The molecule has 248 valence electrons. The molecule has 0 atom stereocenters. The first-order chi connectivity index (χ1) is 23.4. The van der Waals surface area contributed by atoms with Crippen molar-refractivity contribution < 1.29 is 17.9 Å². The standard InChI is InChI=1S/C42H40N2O4S/c1-41(2,29-13-21-33(43)22-14-29)31-17-25-35(26-18-31)47-38-11-8-12-39(49(45,46)37-9-6-5-7-10-37)40(38)48-36-27-19-32(20-28-36)42(3,4)30-15-23-34(44)24-16-30/h5-28H,43-44H2,1-4H3. The van der Waals surface area contributed by atoms with Gasteiger partial charge < -0.3 is 20.9 Å². The molecule has 0 amide bonds. The average molecular weight is 669 g/mol. The van der Waals surface area contributed by atoms with Crippen LogP contribution in [0.1, 0.15) is 49.9 Å². The second-order valence-electron chi connectivity index (χ2n) is 13.1. The number of para-hydroxylation sites is 1. The highest BCUT2D eigenvalue weighted by molar-refractivity contribution is 7.91. The highest BCUT2D eigenvalue weighted by atomic mass is 32.2. The van der Waals surface area contributed by atoms with Crippen molar-refractivity contribution in [1.29, 1.82) is 0 Å². The van der Waals surface area contributed by atoms with E-state index in [4.69, 9.17) is 20.9 Å². The Labute approximate surface area is 288 Å². The molecule has 0 aliphatic carbocycles. The normalized spacial score (nSPS) is 12.0. The molecular formula is C42H40N2O4S. The maximum Gasteiger partial charge on any atom is 0.210 e. The zero-order chi connectivity index (χ0) is 34.8. The summed E-state index contributed by atoms with van der Waals surface area (Å²) in [4.78, 5) is 0.162. The second kappa shape index (κ2) is 13.2. The van der Waals surface area contributed by atoms with Crippen molar-refractivity contribution in [3.63, 3.8) is 0 Å². The van der Waals surface area contributed by atoms with Gasteiger partial charge in [0.1, 0.15) is 16.4 Å². The van der Waals surface area contributed by atoms with Gasteiger partial charge in [-0.15, -0.1) is 0 Å². The third kappa shape index (κ3) is 6.89. The van der Waals surface area contributed by atoms with Crippen molar-refractivity contribution in [1.82, 2.24) is 0 Å². The van der Waals surface area contributed by atoms with E-state index in [9.17, 15) is 8.42 Å². The summed E-state index contributed by atoms with van der Waals surface area (Å²) in [5, 5.41) is 0. The Kier molecular flexibility index (Phi) is 8.97. The summed E-state index contributed by atoms with van der Waals surface area (Å²) in [5.41, 5.74) is 17.1. The lowest BCUT2D eigenvalue weighted by molar-refractivity contribution is 0.408. The van der Waals surface area contributed by atoms with Crippen LogP contribution in [-0.4, -0.2) is 8.42 Å². The number of anilines is 2. The van der Waals surface area contributed by atoms with Gasteiger partial charge in [0.2, 0.25) is 9.84 Å². The van der Waals surface area contributed by atoms with E-state index in [2.05, 4.69) is 27.7 Å². The highest BCUT2D eigenvalue weighted by Gasteiger charge is 2.28. The van der Waals surface area contributed by atoms with Crippen LogP contribution in [0.25, 0.3) is 0 Å². The monoisotopic (exact) mass is 668 g/mol. The van der Waals surface area contributed by atoms with Crippen LogP contribution < -0.4 is 20.9 Å². The molecular weight excluding hydrogens is 629 g/mol. The average Bonchev–Trinajstić information content (AvgIpc) is 3.10. The fourth-order valence-corrected chi connectivity index (χ4v) is 7.29. The fourth-order valence-electron chi connectivity index (χ4n) is 5.87. The Morgan fingerprint density at radius 2 is 0.878 bits per heavy atom. The summed E-state index contributed by atoms with van der Waals surface area (Å²) in [6.45, 7) is 8.59. The Bertz CT molecular complexity index is 2160. The van der Waals surface area contributed by atoms with Crippen LogP contribution in [-0.2, 0) is 20.7 Å². The predicted octanol–water partition coefficient (Wildman–Crippen LogP) is 9.92. The van der Waals surface area contributed by atoms with Crippen molar-refractivity contribution in [3.8, 4) is 23.0 Å².